The van der Waals surface area contributed by atoms with E-state index in [4.69, 9.17) is 10.5 Å². The average molecular weight is 256 g/mol. The van der Waals surface area contributed by atoms with Crippen LogP contribution in [0.5, 0.6) is 0 Å². The zero-order valence-corrected chi connectivity index (χ0v) is 11.1. The molecule has 104 valence electrons. The predicted molar refractivity (Wildman–Crippen MR) is 68.8 cm³/mol. The van der Waals surface area contributed by atoms with Crippen LogP contribution in [0.2, 0.25) is 0 Å². The lowest BCUT2D eigenvalue weighted by Gasteiger charge is -2.17. The van der Waals surface area contributed by atoms with Crippen molar-refractivity contribution in [3.05, 3.63) is 0 Å². The fourth-order valence-electron chi connectivity index (χ4n) is 2.09. The number of primary amides is 1. The first-order valence-corrected chi connectivity index (χ1v) is 6.82. The van der Waals surface area contributed by atoms with Crippen LogP contribution in [0.1, 0.15) is 45.4 Å². The Labute approximate surface area is 108 Å². The van der Waals surface area contributed by atoms with Crippen molar-refractivity contribution >= 4 is 11.8 Å². The molecule has 2 atom stereocenters. The molecule has 0 bridgehead atoms. The molecule has 1 saturated heterocycles. The van der Waals surface area contributed by atoms with Gasteiger partial charge in [0.25, 0.3) is 0 Å². The standard InChI is InChI=1S/C13H24N2O3/c1-2-3-4-5-6-11(12(14)16)15-13(17)10-7-8-18-9-10/h10-11H,2-9H2,1H3,(H2,14,16)(H,15,17)/t10-,11+/m0/s1. The van der Waals surface area contributed by atoms with Gasteiger partial charge in [0, 0.05) is 6.61 Å². The topological polar surface area (TPSA) is 81.4 Å². The van der Waals surface area contributed by atoms with E-state index in [1.165, 1.54) is 0 Å². The Bertz CT molecular complexity index is 275. The maximum absolute atomic E-state index is 11.9. The molecule has 2 amide bonds. The molecule has 1 fully saturated rings. The molecule has 0 aliphatic carbocycles. The normalized spacial score (nSPS) is 20.6. The summed E-state index contributed by atoms with van der Waals surface area (Å²) in [6.45, 7) is 3.20. The highest BCUT2D eigenvalue weighted by atomic mass is 16.5. The molecule has 3 N–H and O–H groups in total. The molecule has 0 spiro atoms. The zero-order valence-electron chi connectivity index (χ0n) is 11.1. The van der Waals surface area contributed by atoms with Gasteiger partial charge in [-0.3, -0.25) is 9.59 Å². The minimum absolute atomic E-state index is 0.105. The lowest BCUT2D eigenvalue weighted by atomic mass is 10.0. The van der Waals surface area contributed by atoms with Gasteiger partial charge in [-0.15, -0.1) is 0 Å². The summed E-state index contributed by atoms with van der Waals surface area (Å²) in [4.78, 5) is 23.1. The van der Waals surface area contributed by atoms with Crippen LogP contribution in [0.25, 0.3) is 0 Å². The van der Waals surface area contributed by atoms with Gasteiger partial charge >= 0.3 is 0 Å². The molecule has 1 heterocycles. The Balaban J connectivity index is 2.32. The van der Waals surface area contributed by atoms with E-state index in [1.54, 1.807) is 0 Å². The molecule has 1 aliphatic heterocycles. The molecule has 5 heteroatoms. The first-order valence-electron chi connectivity index (χ1n) is 6.82. The van der Waals surface area contributed by atoms with E-state index in [-0.39, 0.29) is 11.8 Å². The second-order valence-corrected chi connectivity index (χ2v) is 4.87. The van der Waals surface area contributed by atoms with E-state index in [1.807, 2.05) is 0 Å². The van der Waals surface area contributed by atoms with E-state index < -0.39 is 11.9 Å². The molecule has 5 nitrogen and oxygen atoms in total. The van der Waals surface area contributed by atoms with Crippen LogP contribution in [0.3, 0.4) is 0 Å². The van der Waals surface area contributed by atoms with Crippen molar-refractivity contribution in [2.24, 2.45) is 11.7 Å². The Hall–Kier alpha value is -1.10. The van der Waals surface area contributed by atoms with E-state index >= 15 is 0 Å². The fourth-order valence-corrected chi connectivity index (χ4v) is 2.09. The molecule has 18 heavy (non-hydrogen) atoms. The maximum atomic E-state index is 11.9. The van der Waals surface area contributed by atoms with Crippen LogP contribution in [-0.2, 0) is 14.3 Å². The average Bonchev–Trinajstić information content (AvgIpc) is 2.86. The smallest absolute Gasteiger partial charge is 0.239 e. The van der Waals surface area contributed by atoms with Crippen molar-refractivity contribution in [3.63, 3.8) is 0 Å². The van der Waals surface area contributed by atoms with Crippen molar-refractivity contribution in [1.29, 1.82) is 0 Å². The van der Waals surface area contributed by atoms with E-state index in [0.29, 0.717) is 19.6 Å². The molecule has 1 aliphatic rings. The monoisotopic (exact) mass is 256 g/mol. The summed E-state index contributed by atoms with van der Waals surface area (Å²) in [5.41, 5.74) is 5.31. The highest BCUT2D eigenvalue weighted by Gasteiger charge is 2.26. The SMILES string of the molecule is CCCCCC[C@@H](NC(=O)[C@H]1CCOC1)C(N)=O. The van der Waals surface area contributed by atoms with Gasteiger partial charge in [0.05, 0.1) is 12.5 Å². The minimum atomic E-state index is -0.532. The Kier molecular flexibility index (Phi) is 6.72. The predicted octanol–water partition coefficient (Wildman–Crippen LogP) is 0.963. The Morgan fingerprint density at radius 3 is 2.72 bits per heavy atom. The van der Waals surface area contributed by atoms with Gasteiger partial charge in [-0.05, 0) is 12.8 Å². The second-order valence-electron chi connectivity index (χ2n) is 4.87. The molecular weight excluding hydrogens is 232 g/mol. The quantitative estimate of drug-likeness (QED) is 0.635. The molecule has 0 aromatic carbocycles. The molecular formula is C13H24N2O3. The molecule has 0 saturated carbocycles. The van der Waals surface area contributed by atoms with Crippen LogP contribution in [0.15, 0.2) is 0 Å². The number of nitrogens with two attached hydrogens (primary N) is 1. The van der Waals surface area contributed by atoms with Crippen molar-refractivity contribution in [1.82, 2.24) is 5.32 Å². The number of rotatable bonds is 8. The highest BCUT2D eigenvalue weighted by molar-refractivity contribution is 5.87. The van der Waals surface area contributed by atoms with E-state index in [9.17, 15) is 9.59 Å². The zero-order chi connectivity index (χ0) is 13.4. The Morgan fingerprint density at radius 1 is 1.39 bits per heavy atom. The van der Waals surface area contributed by atoms with E-state index in [0.717, 1.165) is 32.1 Å². The molecule has 0 unspecified atom stereocenters. The third kappa shape index (κ3) is 5.04. The number of nitrogens with one attached hydrogen (secondary N) is 1. The third-order valence-corrected chi connectivity index (χ3v) is 3.31. The van der Waals surface area contributed by atoms with Gasteiger partial charge in [-0.1, -0.05) is 32.6 Å². The van der Waals surface area contributed by atoms with Gasteiger partial charge in [0.2, 0.25) is 11.8 Å². The maximum Gasteiger partial charge on any atom is 0.239 e. The van der Waals surface area contributed by atoms with Crippen molar-refractivity contribution in [2.45, 2.75) is 51.5 Å². The van der Waals surface area contributed by atoms with Crippen LogP contribution < -0.4 is 11.1 Å². The van der Waals surface area contributed by atoms with Gasteiger partial charge < -0.3 is 15.8 Å². The Morgan fingerprint density at radius 2 is 2.17 bits per heavy atom. The van der Waals surface area contributed by atoms with Gasteiger partial charge in [0.1, 0.15) is 6.04 Å². The lowest BCUT2D eigenvalue weighted by Crippen LogP contribution is -2.46. The molecule has 0 aromatic rings. The lowest BCUT2D eigenvalue weighted by molar-refractivity contribution is -0.130. The van der Waals surface area contributed by atoms with Crippen molar-refractivity contribution in [2.75, 3.05) is 13.2 Å². The molecule has 0 aromatic heterocycles. The van der Waals surface area contributed by atoms with Gasteiger partial charge in [-0.25, -0.2) is 0 Å². The van der Waals surface area contributed by atoms with Gasteiger partial charge in [-0.2, -0.15) is 0 Å². The summed E-state index contributed by atoms with van der Waals surface area (Å²) in [6.07, 6.45) is 5.65. The van der Waals surface area contributed by atoms with Crippen LogP contribution >= 0.6 is 0 Å². The number of hydrogen-bond donors (Lipinski definition) is 2. The van der Waals surface area contributed by atoms with Crippen molar-refractivity contribution < 1.29 is 14.3 Å². The minimum Gasteiger partial charge on any atom is -0.381 e. The number of hydrogen-bond acceptors (Lipinski definition) is 3. The van der Waals surface area contributed by atoms with Crippen LogP contribution in [0.4, 0.5) is 0 Å². The summed E-state index contributed by atoms with van der Waals surface area (Å²) >= 11 is 0. The summed E-state index contributed by atoms with van der Waals surface area (Å²) < 4.78 is 5.16. The van der Waals surface area contributed by atoms with Gasteiger partial charge in [0.15, 0.2) is 0 Å². The third-order valence-electron chi connectivity index (χ3n) is 3.31. The van der Waals surface area contributed by atoms with Crippen molar-refractivity contribution in [3.8, 4) is 0 Å². The number of carbonyl (C=O) groups is 2. The first-order chi connectivity index (χ1) is 8.65. The summed E-state index contributed by atoms with van der Waals surface area (Å²) in [5.74, 6) is -0.673. The summed E-state index contributed by atoms with van der Waals surface area (Å²) in [5, 5.41) is 2.74. The highest BCUT2D eigenvalue weighted by Crippen LogP contribution is 2.13. The number of carbonyl (C=O) groups excluding carboxylic acids is 2. The number of unbranched alkanes of at least 4 members (excludes halogenated alkanes) is 3. The van der Waals surface area contributed by atoms with Crippen LogP contribution in [0, 0.1) is 5.92 Å². The van der Waals surface area contributed by atoms with E-state index in [2.05, 4.69) is 12.2 Å². The molecule has 1 rings (SSSR count). The summed E-state index contributed by atoms with van der Waals surface area (Å²) in [7, 11) is 0. The summed E-state index contributed by atoms with van der Waals surface area (Å²) in [6, 6.07) is -0.532. The first kappa shape index (κ1) is 15.0. The molecule has 0 radical (unpaired) electrons. The second kappa shape index (κ2) is 8.08. The number of ether oxygens (including phenoxy) is 1. The number of amides is 2. The largest absolute Gasteiger partial charge is 0.381 e. The fraction of sp³-hybridized carbons (Fsp3) is 0.846. The van der Waals surface area contributed by atoms with Crippen LogP contribution in [-0.4, -0.2) is 31.1 Å².